The van der Waals surface area contributed by atoms with Gasteiger partial charge in [-0.05, 0) is 13.3 Å². The molecule has 2 heteroatoms. The fourth-order valence-corrected chi connectivity index (χ4v) is 0.850. The summed E-state index contributed by atoms with van der Waals surface area (Å²) in [6.45, 7) is 2.80. The van der Waals surface area contributed by atoms with Gasteiger partial charge in [0.25, 0.3) is 0 Å². The second kappa shape index (κ2) is 1.80. The van der Waals surface area contributed by atoms with E-state index in [9.17, 15) is 0 Å². The number of nitrogens with two attached hydrogens (primary N) is 1. The monoisotopic (exact) mass is 101 g/mol. The van der Waals surface area contributed by atoms with Crippen molar-refractivity contribution in [3.8, 4) is 0 Å². The van der Waals surface area contributed by atoms with Crippen LogP contribution in [0.25, 0.3) is 0 Å². The normalized spacial score (nSPS) is 42.0. The van der Waals surface area contributed by atoms with Crippen LogP contribution in [-0.4, -0.2) is 18.8 Å². The molecule has 0 aromatic rings. The third-order valence-electron chi connectivity index (χ3n) is 1.23. The lowest BCUT2D eigenvalue weighted by Crippen LogP contribution is -2.18. The Bertz CT molecular complexity index is 57.1. The highest BCUT2D eigenvalue weighted by Gasteiger charge is 2.16. The molecule has 0 radical (unpaired) electrons. The van der Waals surface area contributed by atoms with E-state index in [1.54, 1.807) is 0 Å². The lowest BCUT2D eigenvalue weighted by molar-refractivity contribution is 0.124. The standard InChI is InChI=1S/C5H11NO/c1-4-2-5(6)3-7-4/h4-5H,2-3,6H2,1H3/t4-,5-/m1/s1. The van der Waals surface area contributed by atoms with E-state index in [0.717, 1.165) is 13.0 Å². The minimum absolute atomic E-state index is 0.301. The van der Waals surface area contributed by atoms with Gasteiger partial charge in [-0.1, -0.05) is 0 Å². The molecule has 1 heterocycles. The minimum atomic E-state index is 0.301. The minimum Gasteiger partial charge on any atom is -0.377 e. The predicted molar refractivity (Wildman–Crippen MR) is 28.0 cm³/mol. The Morgan fingerprint density at radius 3 is 2.57 bits per heavy atom. The van der Waals surface area contributed by atoms with E-state index in [4.69, 9.17) is 10.5 Å². The van der Waals surface area contributed by atoms with Crippen molar-refractivity contribution >= 4 is 0 Å². The molecule has 7 heavy (non-hydrogen) atoms. The summed E-state index contributed by atoms with van der Waals surface area (Å²) in [7, 11) is 0. The third-order valence-corrected chi connectivity index (χ3v) is 1.23. The van der Waals surface area contributed by atoms with Gasteiger partial charge in [-0.15, -0.1) is 0 Å². The maximum atomic E-state index is 5.50. The molecule has 1 aliphatic rings. The molecule has 1 saturated heterocycles. The van der Waals surface area contributed by atoms with Gasteiger partial charge in [0, 0.05) is 6.04 Å². The van der Waals surface area contributed by atoms with Gasteiger partial charge in [-0.2, -0.15) is 0 Å². The molecule has 42 valence electrons. The molecule has 0 amide bonds. The van der Waals surface area contributed by atoms with E-state index in [-0.39, 0.29) is 0 Å². The first-order valence-electron chi connectivity index (χ1n) is 2.66. The van der Waals surface area contributed by atoms with Crippen LogP contribution in [0, 0.1) is 0 Å². The van der Waals surface area contributed by atoms with Gasteiger partial charge < -0.3 is 10.5 Å². The summed E-state index contributed by atoms with van der Waals surface area (Å²) in [6.07, 6.45) is 1.43. The average Bonchev–Trinajstić information content (AvgIpc) is 1.87. The fourth-order valence-electron chi connectivity index (χ4n) is 0.850. The smallest absolute Gasteiger partial charge is 0.0622 e. The maximum Gasteiger partial charge on any atom is 0.0622 e. The first-order valence-corrected chi connectivity index (χ1v) is 2.66. The summed E-state index contributed by atoms with van der Waals surface area (Å²) in [4.78, 5) is 0. The molecule has 0 aliphatic carbocycles. The van der Waals surface area contributed by atoms with Crippen molar-refractivity contribution in [2.24, 2.45) is 5.73 Å². The van der Waals surface area contributed by atoms with Crippen molar-refractivity contribution in [1.82, 2.24) is 0 Å². The Balaban J connectivity index is 2.26. The van der Waals surface area contributed by atoms with Crippen molar-refractivity contribution in [3.63, 3.8) is 0 Å². The number of hydrogen-bond acceptors (Lipinski definition) is 2. The topological polar surface area (TPSA) is 35.2 Å². The van der Waals surface area contributed by atoms with Crippen molar-refractivity contribution in [1.29, 1.82) is 0 Å². The molecule has 0 saturated carbocycles. The zero-order valence-electron chi connectivity index (χ0n) is 4.55. The van der Waals surface area contributed by atoms with Crippen molar-refractivity contribution in [2.45, 2.75) is 25.5 Å². The van der Waals surface area contributed by atoms with Crippen LogP contribution in [0.3, 0.4) is 0 Å². The molecule has 0 aromatic heterocycles. The van der Waals surface area contributed by atoms with E-state index in [2.05, 4.69) is 0 Å². The molecule has 2 nitrogen and oxygen atoms in total. The Morgan fingerprint density at radius 1 is 1.71 bits per heavy atom. The number of rotatable bonds is 0. The molecule has 0 aromatic carbocycles. The molecule has 0 bridgehead atoms. The molecular formula is C5H11NO. The number of ether oxygens (including phenoxy) is 1. The highest BCUT2D eigenvalue weighted by Crippen LogP contribution is 2.08. The highest BCUT2D eigenvalue weighted by molar-refractivity contribution is 4.71. The van der Waals surface area contributed by atoms with Crippen LogP contribution in [0.4, 0.5) is 0 Å². The second-order valence-electron chi connectivity index (χ2n) is 2.14. The molecule has 1 aliphatic heterocycles. The van der Waals surface area contributed by atoms with Crippen molar-refractivity contribution < 1.29 is 4.74 Å². The van der Waals surface area contributed by atoms with Crippen molar-refractivity contribution in [2.75, 3.05) is 6.61 Å². The second-order valence-corrected chi connectivity index (χ2v) is 2.14. The van der Waals surface area contributed by atoms with Gasteiger partial charge >= 0.3 is 0 Å². The van der Waals surface area contributed by atoms with E-state index >= 15 is 0 Å². The van der Waals surface area contributed by atoms with E-state index < -0.39 is 0 Å². The van der Waals surface area contributed by atoms with E-state index in [1.807, 2.05) is 6.92 Å². The SMILES string of the molecule is C[C@@H]1C[C@@H](N)CO1. The molecule has 0 unspecified atom stereocenters. The summed E-state index contributed by atoms with van der Waals surface area (Å²) in [5, 5.41) is 0. The molecule has 2 atom stereocenters. The van der Waals surface area contributed by atoms with Crippen LogP contribution in [-0.2, 0) is 4.74 Å². The molecular weight excluding hydrogens is 90.1 g/mol. The van der Waals surface area contributed by atoms with E-state index in [1.165, 1.54) is 0 Å². The van der Waals surface area contributed by atoms with Crippen LogP contribution in [0.15, 0.2) is 0 Å². The average molecular weight is 101 g/mol. The molecule has 0 spiro atoms. The zero-order valence-corrected chi connectivity index (χ0v) is 4.55. The molecule has 2 N–H and O–H groups in total. The molecule has 1 fully saturated rings. The number of hydrogen-bond donors (Lipinski definition) is 1. The first kappa shape index (κ1) is 5.06. The Kier molecular flexibility index (Phi) is 1.30. The van der Waals surface area contributed by atoms with Crippen LogP contribution < -0.4 is 5.73 Å². The lowest BCUT2D eigenvalue weighted by atomic mass is 10.2. The van der Waals surface area contributed by atoms with Gasteiger partial charge in [-0.3, -0.25) is 0 Å². The third kappa shape index (κ3) is 1.14. The zero-order chi connectivity index (χ0) is 5.28. The largest absolute Gasteiger partial charge is 0.377 e. The van der Waals surface area contributed by atoms with Crippen LogP contribution in [0.2, 0.25) is 0 Å². The lowest BCUT2D eigenvalue weighted by Gasteiger charge is -1.94. The summed E-state index contributed by atoms with van der Waals surface area (Å²) < 4.78 is 5.14. The molecule has 1 rings (SSSR count). The van der Waals surface area contributed by atoms with Gasteiger partial charge in [0.15, 0.2) is 0 Å². The van der Waals surface area contributed by atoms with E-state index in [0.29, 0.717) is 12.1 Å². The predicted octanol–water partition coefficient (Wildman–Crippen LogP) is 0.122. The Morgan fingerprint density at radius 2 is 2.43 bits per heavy atom. The Hall–Kier alpha value is -0.0800. The van der Waals surface area contributed by atoms with Crippen LogP contribution in [0.1, 0.15) is 13.3 Å². The van der Waals surface area contributed by atoms with Gasteiger partial charge in [0.1, 0.15) is 0 Å². The van der Waals surface area contributed by atoms with Crippen LogP contribution >= 0.6 is 0 Å². The van der Waals surface area contributed by atoms with Gasteiger partial charge in [0.2, 0.25) is 0 Å². The Labute approximate surface area is 43.6 Å². The summed E-state index contributed by atoms with van der Waals surface area (Å²) >= 11 is 0. The highest BCUT2D eigenvalue weighted by atomic mass is 16.5. The maximum absolute atomic E-state index is 5.50. The summed E-state index contributed by atoms with van der Waals surface area (Å²) in [5.41, 5.74) is 5.50. The fraction of sp³-hybridized carbons (Fsp3) is 1.00. The summed E-state index contributed by atoms with van der Waals surface area (Å²) in [6, 6.07) is 0.301. The van der Waals surface area contributed by atoms with Gasteiger partial charge in [-0.25, -0.2) is 0 Å². The van der Waals surface area contributed by atoms with Gasteiger partial charge in [0.05, 0.1) is 12.7 Å². The first-order chi connectivity index (χ1) is 3.29. The van der Waals surface area contributed by atoms with Crippen LogP contribution in [0.5, 0.6) is 0 Å². The summed E-state index contributed by atoms with van der Waals surface area (Å²) in [5.74, 6) is 0. The van der Waals surface area contributed by atoms with Crippen molar-refractivity contribution in [3.05, 3.63) is 0 Å². The quantitative estimate of drug-likeness (QED) is 0.470.